The van der Waals surface area contributed by atoms with E-state index in [1.54, 1.807) is 23.6 Å². The van der Waals surface area contributed by atoms with Crippen molar-refractivity contribution in [2.75, 3.05) is 24.7 Å². The maximum Gasteiger partial charge on any atom is 0.263 e. The summed E-state index contributed by atoms with van der Waals surface area (Å²) in [7, 11) is 0. The summed E-state index contributed by atoms with van der Waals surface area (Å²) in [5, 5.41) is 0.313. The molecule has 0 saturated carbocycles. The van der Waals surface area contributed by atoms with Crippen LogP contribution >= 0.6 is 0 Å². The summed E-state index contributed by atoms with van der Waals surface area (Å²) in [5.74, 6) is -1.02. The fraction of sp³-hybridized carbons (Fsp3) is 0.325. The van der Waals surface area contributed by atoms with Crippen LogP contribution in [0.25, 0.3) is 16.6 Å². The molecule has 0 aliphatic heterocycles. The van der Waals surface area contributed by atoms with Gasteiger partial charge in [0.15, 0.2) is 12.4 Å². The van der Waals surface area contributed by atoms with Crippen molar-refractivity contribution in [3.8, 4) is 17.2 Å². The molecule has 3 aromatic carbocycles. The molecule has 0 spiro atoms. The lowest BCUT2D eigenvalue weighted by Gasteiger charge is -2.22. The Labute approximate surface area is 302 Å². The third-order valence-corrected chi connectivity index (χ3v) is 8.40. The third-order valence-electron chi connectivity index (χ3n) is 8.40. The van der Waals surface area contributed by atoms with Crippen LogP contribution in [-0.2, 0) is 6.54 Å². The Morgan fingerprint density at radius 2 is 1.46 bits per heavy atom. The Hall–Kier alpha value is -4.57. The Bertz CT molecular complexity index is 1900. The van der Waals surface area contributed by atoms with Crippen molar-refractivity contribution in [1.82, 2.24) is 4.57 Å². The van der Waals surface area contributed by atoms with Gasteiger partial charge in [-0.25, -0.2) is 13.3 Å². The van der Waals surface area contributed by atoms with E-state index in [4.69, 9.17) is 9.47 Å². The summed E-state index contributed by atoms with van der Waals surface area (Å²) in [6, 6.07) is 21.7. The molecule has 0 unspecified atom stereocenters. The lowest BCUT2D eigenvalue weighted by Crippen LogP contribution is -3.00. The number of anilines is 1. The number of ether oxygens (including phenoxy) is 2. The monoisotopic (exact) mass is 747 g/mol. The van der Waals surface area contributed by atoms with Crippen LogP contribution in [-0.4, -0.2) is 30.2 Å². The Morgan fingerprint density at radius 3 is 2.18 bits per heavy atom. The molecule has 0 fully saturated rings. The number of fused-ring (bicyclic) bond motifs is 1. The Morgan fingerprint density at radius 1 is 0.780 bits per heavy atom. The number of nitrogens with zero attached hydrogens (tertiary/aromatic N) is 3. The van der Waals surface area contributed by atoms with Crippen LogP contribution in [0.4, 0.5) is 14.5 Å². The summed E-state index contributed by atoms with van der Waals surface area (Å²) in [6.45, 7) is 5.99. The van der Waals surface area contributed by atoms with Crippen molar-refractivity contribution >= 4 is 22.5 Å². The van der Waals surface area contributed by atoms with Crippen molar-refractivity contribution < 1.29 is 44.6 Å². The van der Waals surface area contributed by atoms with E-state index >= 15 is 0 Å². The van der Waals surface area contributed by atoms with Gasteiger partial charge < -0.3 is 35.9 Å². The summed E-state index contributed by atoms with van der Waals surface area (Å²) in [6.07, 6.45) is 12.9. The van der Waals surface area contributed by atoms with Crippen LogP contribution in [0.2, 0.25) is 0 Å². The normalized spacial score (nSPS) is 10.9. The molecule has 2 aromatic heterocycles. The predicted molar refractivity (Wildman–Crippen MR) is 189 cm³/mol. The topological polar surface area (TPSA) is 64.6 Å². The smallest absolute Gasteiger partial charge is 0.263 e. The molecule has 0 bridgehead atoms. The molecule has 0 N–H and O–H groups in total. The molecule has 0 radical (unpaired) electrons. The van der Waals surface area contributed by atoms with Gasteiger partial charge in [0, 0.05) is 66.3 Å². The van der Waals surface area contributed by atoms with Crippen LogP contribution in [0.3, 0.4) is 0 Å². The average molecular weight is 749 g/mol. The number of hydrogen-bond donors (Lipinski definition) is 0. The number of rotatable bonds is 17. The minimum atomic E-state index is -0.813. The minimum Gasteiger partial charge on any atom is -1.00 e. The fourth-order valence-corrected chi connectivity index (χ4v) is 5.80. The van der Waals surface area contributed by atoms with E-state index in [9.17, 15) is 18.4 Å². The van der Waals surface area contributed by atoms with Gasteiger partial charge in [0.2, 0.25) is 5.43 Å². The van der Waals surface area contributed by atoms with Crippen molar-refractivity contribution in [3.63, 3.8) is 0 Å². The number of carbonyl (C=O) groups is 1. The highest BCUT2D eigenvalue weighted by Crippen LogP contribution is 2.27. The number of unbranched alkanes of at least 4 members (excludes halogenated alkanes) is 5. The highest BCUT2D eigenvalue weighted by atomic mass is 79.9. The molecule has 7 nitrogen and oxygen atoms in total. The van der Waals surface area contributed by atoms with Crippen molar-refractivity contribution in [3.05, 3.63) is 125 Å². The number of amides is 1. The minimum absolute atomic E-state index is 0. The van der Waals surface area contributed by atoms with Gasteiger partial charge in [-0.15, -0.1) is 0 Å². The molecule has 2 heterocycles. The maximum absolute atomic E-state index is 14.1. The van der Waals surface area contributed by atoms with Crippen LogP contribution in [0.15, 0.2) is 102 Å². The molecule has 5 aromatic rings. The van der Waals surface area contributed by atoms with Gasteiger partial charge in [-0.2, -0.15) is 0 Å². The molecule has 0 aliphatic rings. The predicted octanol–water partition coefficient (Wildman–Crippen LogP) is 5.44. The van der Waals surface area contributed by atoms with E-state index < -0.39 is 23.0 Å². The van der Waals surface area contributed by atoms with Gasteiger partial charge in [0.1, 0.15) is 35.2 Å². The molecule has 10 heteroatoms. The number of halogens is 3. The molecule has 50 heavy (non-hydrogen) atoms. The first-order valence-corrected chi connectivity index (χ1v) is 17.2. The van der Waals surface area contributed by atoms with E-state index in [1.807, 2.05) is 48.5 Å². The lowest BCUT2D eigenvalue weighted by molar-refractivity contribution is -0.697. The zero-order chi connectivity index (χ0) is 34.6. The number of carbonyl (C=O) groups excluding carboxylic acids is 1. The van der Waals surface area contributed by atoms with Crippen LogP contribution in [0, 0.1) is 11.6 Å². The lowest BCUT2D eigenvalue weighted by atomic mass is 10.1. The second kappa shape index (κ2) is 19.0. The number of aryl methyl sites for hydroxylation is 1. The van der Waals surface area contributed by atoms with E-state index in [-0.39, 0.29) is 34.8 Å². The van der Waals surface area contributed by atoms with Crippen LogP contribution in [0.1, 0.15) is 69.2 Å². The van der Waals surface area contributed by atoms with Crippen molar-refractivity contribution in [2.45, 2.75) is 65.3 Å². The van der Waals surface area contributed by atoms with Gasteiger partial charge in [-0.1, -0.05) is 38.3 Å². The number of aromatic nitrogens is 2. The van der Waals surface area contributed by atoms with Crippen LogP contribution in [0.5, 0.6) is 11.5 Å². The van der Waals surface area contributed by atoms with E-state index in [0.29, 0.717) is 41.3 Å². The first-order chi connectivity index (χ1) is 23.9. The molecule has 0 atom stereocenters. The summed E-state index contributed by atoms with van der Waals surface area (Å²) in [5.41, 5.74) is 0.653. The van der Waals surface area contributed by atoms with E-state index in [1.165, 1.54) is 11.1 Å². The van der Waals surface area contributed by atoms with Crippen molar-refractivity contribution in [1.29, 1.82) is 0 Å². The maximum atomic E-state index is 14.1. The molecular formula is C40H44BrF2N3O4. The highest BCUT2D eigenvalue weighted by molar-refractivity contribution is 6.07. The summed E-state index contributed by atoms with van der Waals surface area (Å²) >= 11 is 0. The zero-order valence-electron chi connectivity index (χ0n) is 28.6. The molecule has 1 amide bonds. The van der Waals surface area contributed by atoms with E-state index in [0.717, 1.165) is 69.7 Å². The average Bonchev–Trinajstić information content (AvgIpc) is 3.10. The molecule has 0 aliphatic carbocycles. The second-order valence-corrected chi connectivity index (χ2v) is 12.0. The fourth-order valence-electron chi connectivity index (χ4n) is 5.80. The first kappa shape index (κ1) is 38.2. The highest BCUT2D eigenvalue weighted by Gasteiger charge is 2.23. The van der Waals surface area contributed by atoms with Crippen molar-refractivity contribution in [2.24, 2.45) is 0 Å². The molecular weight excluding hydrogens is 704 g/mol. The van der Waals surface area contributed by atoms with Gasteiger partial charge in [0.25, 0.3) is 5.91 Å². The first-order valence-electron chi connectivity index (χ1n) is 17.2. The Kier molecular flexibility index (Phi) is 14.5. The van der Waals surface area contributed by atoms with Gasteiger partial charge in [-0.3, -0.25) is 9.59 Å². The summed E-state index contributed by atoms with van der Waals surface area (Å²) in [4.78, 5) is 29.0. The number of pyridine rings is 2. The quantitative estimate of drug-likeness (QED) is 0.0941. The van der Waals surface area contributed by atoms with E-state index in [2.05, 4.69) is 23.9 Å². The Balaban J connectivity index is 0.00000562. The number of benzene rings is 3. The molecule has 5 rings (SSSR count). The van der Waals surface area contributed by atoms with Gasteiger partial charge in [0.05, 0.1) is 18.7 Å². The largest absolute Gasteiger partial charge is 1.00 e. The molecule has 264 valence electrons. The SMILES string of the molecule is CCCCOc1cccc(-n2cc(C(=O)N(CC)c3cc(F)cc(F)c3)c(=O)c3ccc(OCCCCCCC[n+]4ccccc4)cc32)c1.[Br-]. The van der Waals surface area contributed by atoms with Gasteiger partial charge in [-0.05, 0) is 62.6 Å². The van der Waals surface area contributed by atoms with Gasteiger partial charge >= 0.3 is 0 Å². The zero-order valence-corrected chi connectivity index (χ0v) is 30.2. The second-order valence-electron chi connectivity index (χ2n) is 12.0. The summed E-state index contributed by atoms with van der Waals surface area (Å²) < 4.78 is 44.3. The molecule has 0 saturated heterocycles. The number of hydrogen-bond acceptors (Lipinski definition) is 4. The third kappa shape index (κ3) is 10.00. The standard InChI is InChI=1S/C40H44F2N3O4.BrH/c1-3-5-22-48-34-16-14-15-32(27-34)45-29-37(40(47)44(4-2)33-25-30(41)24-31(42)26-33)39(46)36-18-17-35(28-38(36)45)49-23-13-8-6-7-10-19-43-20-11-9-12-21-43;/h9,11-12,14-18,20-21,24-29H,3-8,10,13,19,22-23H2,1-2H3;1H/q+1;/p-1. The van der Waals surface area contributed by atoms with Crippen LogP contribution < -0.4 is 41.4 Å².